The Morgan fingerprint density at radius 2 is 0.829 bits per heavy atom. The van der Waals surface area contributed by atoms with Crippen LogP contribution in [0.3, 0.4) is 0 Å². The molecule has 6 rings (SSSR count). The standard InChI is InChI=1S/C16H18N4O.C16H20N4/c21-13-18-14-1-3-15(4-2-14)19-9-11-20(12-10-19)16-5-7-17-8-6-16;1-17-14-2-4-15(5-3-14)19-10-12-20(13-11-19)16-6-8-18-9-7-16/h1-8,13H,9-12H2,(H,18,21);2-9,17H,10-13H2,1H3. The maximum absolute atomic E-state index is 10.4. The molecule has 2 N–H and O–H groups in total. The molecule has 2 fully saturated rings. The Labute approximate surface area is 242 Å². The highest BCUT2D eigenvalue weighted by Crippen LogP contribution is 2.23. The number of carbonyl (C=O) groups is 1. The van der Waals surface area contributed by atoms with Gasteiger partial charge in [0.25, 0.3) is 0 Å². The molecule has 41 heavy (non-hydrogen) atoms. The van der Waals surface area contributed by atoms with Gasteiger partial charge in [0, 0.05) is 118 Å². The van der Waals surface area contributed by atoms with Gasteiger partial charge < -0.3 is 30.2 Å². The quantitative estimate of drug-likeness (QED) is 0.328. The molecule has 2 aliphatic heterocycles. The Balaban J connectivity index is 0.000000165. The van der Waals surface area contributed by atoms with E-state index in [1.807, 2.05) is 56.1 Å². The average molecular weight is 551 g/mol. The van der Waals surface area contributed by atoms with Gasteiger partial charge in [0.2, 0.25) is 6.41 Å². The van der Waals surface area contributed by atoms with E-state index in [-0.39, 0.29) is 0 Å². The number of anilines is 6. The van der Waals surface area contributed by atoms with E-state index in [4.69, 9.17) is 0 Å². The first-order chi connectivity index (χ1) is 20.2. The van der Waals surface area contributed by atoms with Crippen LogP contribution in [-0.2, 0) is 4.79 Å². The van der Waals surface area contributed by atoms with Gasteiger partial charge in [-0.15, -0.1) is 0 Å². The van der Waals surface area contributed by atoms with Gasteiger partial charge in [-0.1, -0.05) is 0 Å². The minimum Gasteiger partial charge on any atom is -0.388 e. The lowest BCUT2D eigenvalue weighted by Gasteiger charge is -2.37. The summed E-state index contributed by atoms with van der Waals surface area (Å²) >= 11 is 0. The summed E-state index contributed by atoms with van der Waals surface area (Å²) in [5, 5.41) is 5.81. The molecule has 0 spiro atoms. The van der Waals surface area contributed by atoms with Crippen molar-refractivity contribution in [2.45, 2.75) is 0 Å². The summed E-state index contributed by atoms with van der Waals surface area (Å²) in [5.41, 5.74) is 6.98. The normalized spacial score (nSPS) is 15.0. The van der Waals surface area contributed by atoms with E-state index in [1.165, 1.54) is 22.7 Å². The molecular weight excluding hydrogens is 512 g/mol. The zero-order chi connectivity index (χ0) is 28.3. The van der Waals surface area contributed by atoms with Crippen molar-refractivity contribution in [2.24, 2.45) is 0 Å². The predicted octanol–water partition coefficient (Wildman–Crippen LogP) is 4.43. The molecule has 4 heterocycles. The summed E-state index contributed by atoms with van der Waals surface area (Å²) in [6, 6.07) is 24.9. The summed E-state index contributed by atoms with van der Waals surface area (Å²) in [4.78, 5) is 28.1. The number of rotatable bonds is 7. The number of pyridine rings is 2. The van der Waals surface area contributed by atoms with E-state index in [1.54, 1.807) is 0 Å². The third-order valence-corrected chi connectivity index (χ3v) is 7.59. The minimum atomic E-state index is 0.697. The smallest absolute Gasteiger partial charge is 0.211 e. The van der Waals surface area contributed by atoms with Crippen molar-refractivity contribution in [3.8, 4) is 0 Å². The van der Waals surface area contributed by atoms with Crippen LogP contribution in [0.4, 0.5) is 34.1 Å². The number of nitrogens with one attached hydrogen (secondary N) is 2. The highest BCUT2D eigenvalue weighted by atomic mass is 16.1. The van der Waals surface area contributed by atoms with Crippen molar-refractivity contribution in [1.29, 1.82) is 0 Å². The van der Waals surface area contributed by atoms with Gasteiger partial charge >= 0.3 is 0 Å². The second-order valence-corrected chi connectivity index (χ2v) is 9.96. The van der Waals surface area contributed by atoms with E-state index in [9.17, 15) is 4.79 Å². The zero-order valence-electron chi connectivity index (χ0n) is 23.6. The number of hydrogen-bond acceptors (Lipinski definition) is 8. The van der Waals surface area contributed by atoms with Crippen molar-refractivity contribution < 1.29 is 4.79 Å². The molecular formula is C32H38N8O. The van der Waals surface area contributed by atoms with Crippen LogP contribution in [0.5, 0.6) is 0 Å². The fourth-order valence-electron chi connectivity index (χ4n) is 5.23. The van der Waals surface area contributed by atoms with Crippen LogP contribution in [0, 0.1) is 0 Å². The average Bonchev–Trinajstić information content (AvgIpc) is 3.07. The Bertz CT molecular complexity index is 1320. The molecule has 0 radical (unpaired) electrons. The van der Waals surface area contributed by atoms with Crippen LogP contribution in [0.15, 0.2) is 97.6 Å². The summed E-state index contributed by atoms with van der Waals surface area (Å²) in [7, 11) is 1.95. The van der Waals surface area contributed by atoms with E-state index in [0.717, 1.165) is 63.7 Å². The SMILES string of the molecule is CNc1ccc(N2CCN(c3ccncc3)CC2)cc1.O=CNc1ccc(N2CCN(c3ccncc3)CC2)cc1. The fourth-order valence-corrected chi connectivity index (χ4v) is 5.23. The molecule has 9 heteroatoms. The first-order valence-corrected chi connectivity index (χ1v) is 14.1. The molecule has 212 valence electrons. The molecule has 0 aliphatic carbocycles. The first kappa shape index (κ1) is 27.8. The van der Waals surface area contributed by atoms with Gasteiger partial charge in [-0.25, -0.2) is 0 Å². The second kappa shape index (κ2) is 14.0. The van der Waals surface area contributed by atoms with Crippen LogP contribution < -0.4 is 30.2 Å². The van der Waals surface area contributed by atoms with Gasteiger partial charge in [0.15, 0.2) is 0 Å². The number of benzene rings is 2. The summed E-state index contributed by atoms with van der Waals surface area (Å²) in [6.45, 7) is 8.19. The van der Waals surface area contributed by atoms with Crippen LogP contribution >= 0.6 is 0 Å². The van der Waals surface area contributed by atoms with Crippen molar-refractivity contribution in [3.63, 3.8) is 0 Å². The first-order valence-electron chi connectivity index (χ1n) is 14.1. The lowest BCUT2D eigenvalue weighted by molar-refractivity contribution is -0.105. The van der Waals surface area contributed by atoms with E-state index in [2.05, 4.69) is 88.7 Å². The second-order valence-electron chi connectivity index (χ2n) is 9.96. The predicted molar refractivity (Wildman–Crippen MR) is 169 cm³/mol. The maximum atomic E-state index is 10.4. The molecule has 2 aromatic heterocycles. The number of nitrogens with zero attached hydrogens (tertiary/aromatic N) is 6. The Morgan fingerprint density at radius 3 is 1.15 bits per heavy atom. The number of piperazine rings is 2. The largest absolute Gasteiger partial charge is 0.388 e. The van der Waals surface area contributed by atoms with Gasteiger partial charge in [-0.3, -0.25) is 14.8 Å². The van der Waals surface area contributed by atoms with E-state index >= 15 is 0 Å². The Morgan fingerprint density at radius 1 is 0.512 bits per heavy atom. The highest BCUT2D eigenvalue weighted by molar-refractivity contribution is 5.72. The summed E-state index contributed by atoms with van der Waals surface area (Å²) < 4.78 is 0. The molecule has 2 saturated heterocycles. The van der Waals surface area contributed by atoms with E-state index < -0.39 is 0 Å². The number of aromatic nitrogens is 2. The topological polar surface area (TPSA) is 79.9 Å². The Hall–Kier alpha value is -4.79. The van der Waals surface area contributed by atoms with Crippen LogP contribution in [0.2, 0.25) is 0 Å². The van der Waals surface area contributed by atoms with Crippen molar-refractivity contribution in [3.05, 3.63) is 97.6 Å². The van der Waals surface area contributed by atoms with Gasteiger partial charge in [0.1, 0.15) is 0 Å². The van der Waals surface area contributed by atoms with Gasteiger partial charge in [-0.2, -0.15) is 0 Å². The zero-order valence-corrected chi connectivity index (χ0v) is 23.6. The molecule has 0 unspecified atom stereocenters. The van der Waals surface area contributed by atoms with Crippen molar-refractivity contribution in [1.82, 2.24) is 9.97 Å². The fraction of sp³-hybridized carbons (Fsp3) is 0.281. The molecule has 9 nitrogen and oxygen atoms in total. The van der Waals surface area contributed by atoms with Crippen molar-refractivity contribution in [2.75, 3.05) is 89.6 Å². The molecule has 0 bridgehead atoms. The summed E-state index contributed by atoms with van der Waals surface area (Å²) in [6.07, 6.45) is 8.08. The van der Waals surface area contributed by atoms with Crippen molar-refractivity contribution >= 4 is 40.5 Å². The monoisotopic (exact) mass is 550 g/mol. The third kappa shape index (κ3) is 7.45. The molecule has 1 amide bonds. The molecule has 2 aliphatic rings. The van der Waals surface area contributed by atoms with Gasteiger partial charge in [-0.05, 0) is 72.8 Å². The van der Waals surface area contributed by atoms with Gasteiger partial charge in [0.05, 0.1) is 0 Å². The lowest BCUT2D eigenvalue weighted by Crippen LogP contribution is -2.46. The summed E-state index contributed by atoms with van der Waals surface area (Å²) in [5.74, 6) is 0. The number of carbonyl (C=O) groups excluding carboxylic acids is 1. The molecule has 2 aromatic carbocycles. The minimum absolute atomic E-state index is 0.697. The lowest BCUT2D eigenvalue weighted by atomic mass is 10.2. The highest BCUT2D eigenvalue weighted by Gasteiger charge is 2.18. The van der Waals surface area contributed by atoms with Crippen LogP contribution in [-0.4, -0.2) is 75.8 Å². The number of hydrogen-bond donors (Lipinski definition) is 2. The maximum Gasteiger partial charge on any atom is 0.211 e. The Kier molecular flexibility index (Phi) is 9.50. The third-order valence-electron chi connectivity index (χ3n) is 7.59. The van der Waals surface area contributed by atoms with Crippen LogP contribution in [0.1, 0.15) is 0 Å². The van der Waals surface area contributed by atoms with E-state index in [0.29, 0.717) is 6.41 Å². The molecule has 0 atom stereocenters. The van der Waals surface area contributed by atoms with Crippen LogP contribution in [0.25, 0.3) is 0 Å². The molecule has 4 aromatic rings. The molecule has 0 saturated carbocycles. The number of amides is 1.